The Balaban J connectivity index is 2.31. The summed E-state index contributed by atoms with van der Waals surface area (Å²) in [5.74, 6) is -0.551. The summed E-state index contributed by atoms with van der Waals surface area (Å²) >= 11 is 0. The molecule has 1 aromatic rings. The van der Waals surface area contributed by atoms with Crippen molar-refractivity contribution >= 4 is 5.97 Å². The standard InChI is InChI=1S/C11H15NO4/c12-9(11(14)15)6-10(13)16-7-8-4-2-1-3-5-8/h1-5,9,11,14-15H,6-7,12H2/t9-/m0/s1. The number of aliphatic hydroxyl groups excluding tert-OH is 1. The van der Waals surface area contributed by atoms with Crippen LogP contribution in [0, 0.1) is 0 Å². The monoisotopic (exact) mass is 225 g/mol. The summed E-state index contributed by atoms with van der Waals surface area (Å²) in [6, 6.07) is 8.19. The molecule has 0 amide bonds. The molecule has 0 unspecified atom stereocenters. The van der Waals surface area contributed by atoms with Crippen molar-refractivity contribution in [1.82, 2.24) is 0 Å². The first-order valence-corrected chi connectivity index (χ1v) is 4.91. The first-order valence-electron chi connectivity index (χ1n) is 4.91. The van der Waals surface area contributed by atoms with Gasteiger partial charge in [-0.15, -0.1) is 0 Å². The third-order valence-corrected chi connectivity index (χ3v) is 2.03. The van der Waals surface area contributed by atoms with Gasteiger partial charge in [-0.1, -0.05) is 30.3 Å². The molecule has 4 N–H and O–H groups in total. The van der Waals surface area contributed by atoms with Gasteiger partial charge in [-0.05, 0) is 5.56 Å². The zero-order valence-electron chi connectivity index (χ0n) is 8.74. The molecule has 0 fully saturated rings. The maximum atomic E-state index is 11.2. The van der Waals surface area contributed by atoms with Crippen molar-refractivity contribution < 1.29 is 19.7 Å². The van der Waals surface area contributed by atoms with Gasteiger partial charge in [-0.25, -0.2) is 0 Å². The van der Waals surface area contributed by atoms with Gasteiger partial charge in [0.15, 0.2) is 6.29 Å². The van der Waals surface area contributed by atoms with E-state index in [0.29, 0.717) is 0 Å². The second-order valence-electron chi connectivity index (χ2n) is 3.43. The minimum Gasteiger partial charge on any atom is -0.461 e. The number of hydrogen-bond donors (Lipinski definition) is 3. The zero-order valence-corrected chi connectivity index (χ0v) is 8.74. The van der Waals surface area contributed by atoms with E-state index in [1.165, 1.54) is 0 Å². The number of nitrogens with two attached hydrogens (primary N) is 1. The minimum absolute atomic E-state index is 0.161. The van der Waals surface area contributed by atoms with Gasteiger partial charge >= 0.3 is 5.97 Å². The highest BCUT2D eigenvalue weighted by molar-refractivity contribution is 5.70. The number of aliphatic hydroxyl groups is 2. The molecule has 1 atom stereocenters. The molecule has 0 heterocycles. The number of esters is 1. The maximum absolute atomic E-state index is 11.2. The van der Waals surface area contributed by atoms with Gasteiger partial charge in [-0.3, -0.25) is 4.79 Å². The Morgan fingerprint density at radius 1 is 1.31 bits per heavy atom. The Hall–Kier alpha value is -1.43. The summed E-state index contributed by atoms with van der Waals surface area (Å²) in [7, 11) is 0. The number of carbonyl (C=O) groups excluding carboxylic acids is 1. The zero-order chi connectivity index (χ0) is 12.0. The molecule has 16 heavy (non-hydrogen) atoms. The predicted octanol–water partition coefficient (Wildman–Crippen LogP) is -0.242. The van der Waals surface area contributed by atoms with Crippen molar-refractivity contribution in [1.29, 1.82) is 0 Å². The van der Waals surface area contributed by atoms with Gasteiger partial charge in [0.05, 0.1) is 12.5 Å². The SMILES string of the molecule is N[C@@H](CC(=O)OCc1ccccc1)C(O)O. The molecule has 0 spiro atoms. The van der Waals surface area contributed by atoms with Crippen LogP contribution in [-0.4, -0.2) is 28.5 Å². The maximum Gasteiger partial charge on any atom is 0.307 e. The van der Waals surface area contributed by atoms with Gasteiger partial charge in [0.2, 0.25) is 0 Å². The van der Waals surface area contributed by atoms with E-state index in [9.17, 15) is 4.79 Å². The van der Waals surface area contributed by atoms with Gasteiger partial charge in [0, 0.05) is 0 Å². The number of rotatable bonds is 5. The van der Waals surface area contributed by atoms with Crippen molar-refractivity contribution in [3.8, 4) is 0 Å². The average molecular weight is 225 g/mol. The van der Waals surface area contributed by atoms with Crippen molar-refractivity contribution in [3.05, 3.63) is 35.9 Å². The smallest absolute Gasteiger partial charge is 0.307 e. The highest BCUT2D eigenvalue weighted by Gasteiger charge is 2.16. The number of carbonyl (C=O) groups is 1. The Morgan fingerprint density at radius 3 is 2.50 bits per heavy atom. The summed E-state index contributed by atoms with van der Waals surface area (Å²) < 4.78 is 4.91. The predicted molar refractivity (Wildman–Crippen MR) is 57.1 cm³/mol. The lowest BCUT2D eigenvalue weighted by molar-refractivity contribution is -0.148. The van der Waals surface area contributed by atoms with Gasteiger partial charge in [0.25, 0.3) is 0 Å². The third kappa shape index (κ3) is 4.39. The van der Waals surface area contributed by atoms with E-state index in [-0.39, 0.29) is 13.0 Å². The molecule has 0 aliphatic rings. The molecule has 88 valence electrons. The summed E-state index contributed by atoms with van der Waals surface area (Å²) in [6.07, 6.45) is -1.92. The van der Waals surface area contributed by atoms with E-state index < -0.39 is 18.3 Å². The van der Waals surface area contributed by atoms with Crippen molar-refractivity contribution in [2.75, 3.05) is 0 Å². The molecule has 0 aliphatic heterocycles. The number of hydrogen-bond acceptors (Lipinski definition) is 5. The van der Waals surface area contributed by atoms with Crippen LogP contribution in [0.3, 0.4) is 0 Å². The second kappa shape index (κ2) is 6.22. The Morgan fingerprint density at radius 2 is 1.94 bits per heavy atom. The molecule has 1 rings (SSSR count). The minimum atomic E-state index is -1.70. The molecular weight excluding hydrogens is 210 g/mol. The Kier molecular flexibility index (Phi) is 4.91. The third-order valence-electron chi connectivity index (χ3n) is 2.03. The molecule has 0 aliphatic carbocycles. The lowest BCUT2D eigenvalue weighted by atomic mass is 10.2. The molecule has 1 aromatic carbocycles. The number of benzene rings is 1. The van der Waals surface area contributed by atoms with E-state index in [4.69, 9.17) is 20.7 Å². The summed E-state index contributed by atoms with van der Waals surface area (Å²) in [6.45, 7) is 0.161. The first-order chi connectivity index (χ1) is 7.59. The van der Waals surface area contributed by atoms with Gasteiger partial charge < -0.3 is 20.7 Å². The van der Waals surface area contributed by atoms with Crippen molar-refractivity contribution in [2.45, 2.75) is 25.4 Å². The largest absolute Gasteiger partial charge is 0.461 e. The van der Waals surface area contributed by atoms with Crippen LogP contribution in [0.2, 0.25) is 0 Å². The quantitative estimate of drug-likeness (QED) is 0.475. The number of ether oxygens (including phenoxy) is 1. The van der Waals surface area contributed by atoms with Crippen LogP contribution < -0.4 is 5.73 Å². The molecule has 0 saturated carbocycles. The summed E-state index contributed by atoms with van der Waals surface area (Å²) in [5, 5.41) is 17.4. The van der Waals surface area contributed by atoms with Crippen molar-refractivity contribution in [2.24, 2.45) is 5.73 Å². The van der Waals surface area contributed by atoms with Crippen LogP contribution >= 0.6 is 0 Å². The van der Waals surface area contributed by atoms with Crippen LogP contribution in [-0.2, 0) is 16.1 Å². The Bertz CT molecular complexity index is 326. The normalized spacial score (nSPS) is 12.5. The molecule has 5 heteroatoms. The van der Waals surface area contributed by atoms with E-state index in [0.717, 1.165) is 5.56 Å². The summed E-state index contributed by atoms with van der Waals surface area (Å²) in [4.78, 5) is 11.2. The van der Waals surface area contributed by atoms with E-state index >= 15 is 0 Å². The van der Waals surface area contributed by atoms with Crippen LogP contribution in [0.1, 0.15) is 12.0 Å². The van der Waals surface area contributed by atoms with Crippen molar-refractivity contribution in [3.63, 3.8) is 0 Å². The van der Waals surface area contributed by atoms with Gasteiger partial charge in [0.1, 0.15) is 6.61 Å². The fourth-order valence-electron chi connectivity index (χ4n) is 1.09. The fraction of sp³-hybridized carbons (Fsp3) is 0.364. The van der Waals surface area contributed by atoms with E-state index in [2.05, 4.69) is 0 Å². The molecule has 0 bridgehead atoms. The van der Waals surface area contributed by atoms with E-state index in [1.54, 1.807) is 0 Å². The molecule has 0 saturated heterocycles. The second-order valence-corrected chi connectivity index (χ2v) is 3.43. The fourth-order valence-corrected chi connectivity index (χ4v) is 1.09. The Labute approximate surface area is 93.5 Å². The van der Waals surface area contributed by atoms with Crippen LogP contribution in [0.25, 0.3) is 0 Å². The summed E-state index contributed by atoms with van der Waals surface area (Å²) in [5.41, 5.74) is 6.15. The highest BCUT2D eigenvalue weighted by atomic mass is 16.5. The molecule has 5 nitrogen and oxygen atoms in total. The average Bonchev–Trinajstić information content (AvgIpc) is 2.27. The lowest BCUT2D eigenvalue weighted by Gasteiger charge is -2.12. The first kappa shape index (κ1) is 12.6. The molecule has 0 radical (unpaired) electrons. The van der Waals surface area contributed by atoms with Crippen LogP contribution in [0.15, 0.2) is 30.3 Å². The molecular formula is C11H15NO4. The topological polar surface area (TPSA) is 92.8 Å². The highest BCUT2D eigenvalue weighted by Crippen LogP contribution is 2.03. The lowest BCUT2D eigenvalue weighted by Crippen LogP contribution is -2.36. The van der Waals surface area contributed by atoms with E-state index in [1.807, 2.05) is 30.3 Å². The van der Waals surface area contributed by atoms with Gasteiger partial charge in [-0.2, -0.15) is 0 Å². The van der Waals surface area contributed by atoms with Crippen LogP contribution in [0.5, 0.6) is 0 Å². The van der Waals surface area contributed by atoms with Crippen LogP contribution in [0.4, 0.5) is 0 Å². The molecule has 0 aromatic heterocycles.